The van der Waals surface area contributed by atoms with Gasteiger partial charge in [-0.2, -0.15) is 5.10 Å². The van der Waals surface area contributed by atoms with Gasteiger partial charge in [0.05, 0.1) is 23.9 Å². The Balaban J connectivity index is 2.18. The molecule has 0 spiro atoms. The van der Waals surface area contributed by atoms with Crippen molar-refractivity contribution in [2.45, 2.75) is 13.3 Å². The number of ether oxygens (including phenoxy) is 2. The zero-order chi connectivity index (χ0) is 14.3. The van der Waals surface area contributed by atoms with Crippen molar-refractivity contribution in [3.63, 3.8) is 0 Å². The first-order valence-corrected chi connectivity index (χ1v) is 6.84. The molecule has 2 aromatic rings. The predicted octanol–water partition coefficient (Wildman–Crippen LogP) is 2.79. The molecule has 1 aliphatic heterocycles. The number of nitrogens with two attached hydrogens (primary N) is 1. The van der Waals surface area contributed by atoms with Gasteiger partial charge in [-0.15, -0.1) is 0 Å². The minimum Gasteiger partial charge on any atom is -0.489 e. The van der Waals surface area contributed by atoms with E-state index in [1.54, 1.807) is 23.9 Å². The van der Waals surface area contributed by atoms with Crippen LogP contribution in [0.25, 0.3) is 11.3 Å². The molecule has 0 radical (unpaired) electrons. The van der Waals surface area contributed by atoms with E-state index in [2.05, 4.69) is 5.10 Å². The van der Waals surface area contributed by atoms with Gasteiger partial charge in [-0.3, -0.25) is 4.68 Å². The molecule has 0 atom stereocenters. The number of benzene rings is 1. The second kappa shape index (κ2) is 4.90. The van der Waals surface area contributed by atoms with Crippen LogP contribution in [-0.4, -0.2) is 23.0 Å². The first kappa shape index (κ1) is 13.1. The molecule has 0 saturated carbocycles. The summed E-state index contributed by atoms with van der Waals surface area (Å²) in [7, 11) is 1.80. The minimum atomic E-state index is 0.586. The van der Waals surface area contributed by atoms with Gasteiger partial charge in [0.15, 0.2) is 11.5 Å². The van der Waals surface area contributed by atoms with Gasteiger partial charge in [0.2, 0.25) is 0 Å². The fourth-order valence-electron chi connectivity index (χ4n) is 2.35. The number of rotatable bonds is 1. The van der Waals surface area contributed by atoms with E-state index in [9.17, 15) is 0 Å². The van der Waals surface area contributed by atoms with Crippen molar-refractivity contribution in [1.82, 2.24) is 9.78 Å². The van der Waals surface area contributed by atoms with Crippen LogP contribution in [0.15, 0.2) is 12.1 Å². The Morgan fingerprint density at radius 3 is 2.75 bits per heavy atom. The van der Waals surface area contributed by atoms with Crippen molar-refractivity contribution in [3.8, 4) is 22.8 Å². The van der Waals surface area contributed by atoms with Gasteiger partial charge in [-0.1, -0.05) is 11.6 Å². The summed E-state index contributed by atoms with van der Waals surface area (Å²) in [5.41, 5.74) is 8.34. The highest BCUT2D eigenvalue weighted by Gasteiger charge is 2.21. The van der Waals surface area contributed by atoms with Crippen LogP contribution in [0.1, 0.15) is 12.0 Å². The van der Waals surface area contributed by atoms with Crippen molar-refractivity contribution < 1.29 is 9.47 Å². The lowest BCUT2D eigenvalue weighted by Crippen LogP contribution is -1.99. The Hall–Kier alpha value is -1.88. The van der Waals surface area contributed by atoms with Crippen molar-refractivity contribution in [3.05, 3.63) is 22.7 Å². The Kier molecular flexibility index (Phi) is 3.22. The van der Waals surface area contributed by atoms with Gasteiger partial charge in [0, 0.05) is 36.7 Å². The van der Waals surface area contributed by atoms with Gasteiger partial charge >= 0.3 is 0 Å². The average molecular weight is 294 g/mol. The monoisotopic (exact) mass is 293 g/mol. The Bertz CT molecular complexity index is 647. The molecule has 1 aromatic carbocycles. The lowest BCUT2D eigenvalue weighted by molar-refractivity contribution is 0.296. The topological polar surface area (TPSA) is 62.3 Å². The van der Waals surface area contributed by atoms with Crippen LogP contribution >= 0.6 is 11.6 Å². The van der Waals surface area contributed by atoms with E-state index in [1.807, 2.05) is 6.92 Å². The number of aryl methyl sites for hydroxylation is 1. The third-order valence-electron chi connectivity index (χ3n) is 3.40. The van der Waals surface area contributed by atoms with Crippen LogP contribution < -0.4 is 15.2 Å². The predicted molar refractivity (Wildman–Crippen MR) is 78.4 cm³/mol. The van der Waals surface area contributed by atoms with Gasteiger partial charge in [-0.05, 0) is 6.92 Å². The Morgan fingerprint density at radius 2 is 2.05 bits per heavy atom. The van der Waals surface area contributed by atoms with E-state index < -0.39 is 0 Å². The van der Waals surface area contributed by atoms with Gasteiger partial charge in [0.25, 0.3) is 0 Å². The van der Waals surface area contributed by atoms with Crippen molar-refractivity contribution in [2.24, 2.45) is 7.05 Å². The first-order chi connectivity index (χ1) is 9.58. The van der Waals surface area contributed by atoms with Crippen LogP contribution in [0, 0.1) is 6.92 Å². The zero-order valence-electron chi connectivity index (χ0n) is 11.4. The van der Waals surface area contributed by atoms with Crippen LogP contribution in [0.3, 0.4) is 0 Å². The second-order valence-electron chi connectivity index (χ2n) is 4.81. The van der Waals surface area contributed by atoms with Gasteiger partial charge in [0.1, 0.15) is 5.82 Å². The maximum absolute atomic E-state index is 6.39. The number of nitrogen functional groups attached to an aromatic ring is 1. The fraction of sp³-hybridized carbons (Fsp3) is 0.357. The van der Waals surface area contributed by atoms with E-state index in [1.165, 1.54) is 0 Å². The smallest absolute Gasteiger partial charge is 0.164 e. The maximum Gasteiger partial charge on any atom is 0.164 e. The number of fused-ring (bicyclic) bond motifs is 1. The summed E-state index contributed by atoms with van der Waals surface area (Å²) in [6.45, 7) is 3.23. The standard InChI is InChI=1S/C14H16ClN3O2/c1-8-13(10-7-12(16)18(2)17-10)9(15)6-11-14(8)20-5-3-4-19-11/h6-7H,3-5,16H2,1-2H3. The van der Waals surface area contributed by atoms with E-state index in [0.29, 0.717) is 29.8 Å². The molecule has 20 heavy (non-hydrogen) atoms. The largest absolute Gasteiger partial charge is 0.489 e. The van der Waals surface area contributed by atoms with E-state index in [4.69, 9.17) is 26.8 Å². The first-order valence-electron chi connectivity index (χ1n) is 6.46. The normalized spacial score (nSPS) is 14.2. The summed E-state index contributed by atoms with van der Waals surface area (Å²) < 4.78 is 13.1. The SMILES string of the molecule is Cc1c2c(cc(Cl)c1-c1cc(N)n(C)n1)OCCCO2. The molecular formula is C14H16ClN3O2. The summed E-state index contributed by atoms with van der Waals surface area (Å²) in [6, 6.07) is 3.59. The van der Waals surface area contributed by atoms with Crippen LogP contribution in [0.5, 0.6) is 11.5 Å². The van der Waals surface area contributed by atoms with Gasteiger partial charge in [-0.25, -0.2) is 0 Å². The summed E-state index contributed by atoms with van der Waals surface area (Å²) in [4.78, 5) is 0. The number of anilines is 1. The average Bonchev–Trinajstić information content (AvgIpc) is 2.62. The summed E-state index contributed by atoms with van der Waals surface area (Å²) >= 11 is 6.39. The molecule has 0 amide bonds. The summed E-state index contributed by atoms with van der Waals surface area (Å²) in [5, 5.41) is 4.97. The molecule has 1 aromatic heterocycles. The molecule has 0 aliphatic carbocycles. The highest BCUT2D eigenvalue weighted by molar-refractivity contribution is 6.33. The summed E-state index contributed by atoms with van der Waals surface area (Å²) in [6.07, 6.45) is 0.859. The lowest BCUT2D eigenvalue weighted by atomic mass is 10.0. The third-order valence-corrected chi connectivity index (χ3v) is 3.70. The molecule has 2 N–H and O–H groups in total. The second-order valence-corrected chi connectivity index (χ2v) is 5.22. The molecule has 6 heteroatoms. The van der Waals surface area contributed by atoms with Crippen LogP contribution in [-0.2, 0) is 7.05 Å². The fourth-order valence-corrected chi connectivity index (χ4v) is 2.69. The van der Waals surface area contributed by atoms with Gasteiger partial charge < -0.3 is 15.2 Å². The quantitative estimate of drug-likeness (QED) is 0.878. The van der Waals surface area contributed by atoms with Crippen LogP contribution in [0.4, 0.5) is 5.82 Å². The molecule has 0 unspecified atom stereocenters. The zero-order valence-corrected chi connectivity index (χ0v) is 12.2. The number of hydrogen-bond acceptors (Lipinski definition) is 4. The highest BCUT2D eigenvalue weighted by Crippen LogP contribution is 2.43. The molecular weight excluding hydrogens is 278 g/mol. The summed E-state index contributed by atoms with van der Waals surface area (Å²) in [5.74, 6) is 2.02. The Morgan fingerprint density at radius 1 is 1.30 bits per heavy atom. The van der Waals surface area contributed by atoms with Crippen molar-refractivity contribution >= 4 is 17.4 Å². The van der Waals surface area contributed by atoms with E-state index in [-0.39, 0.29) is 0 Å². The molecule has 0 bridgehead atoms. The minimum absolute atomic E-state index is 0.586. The molecule has 0 saturated heterocycles. The molecule has 0 fully saturated rings. The number of halogens is 1. The lowest BCUT2D eigenvalue weighted by Gasteiger charge is -2.14. The van der Waals surface area contributed by atoms with Crippen molar-refractivity contribution in [1.29, 1.82) is 0 Å². The number of aromatic nitrogens is 2. The third kappa shape index (κ3) is 2.08. The Labute approximate surface area is 122 Å². The number of hydrogen-bond donors (Lipinski definition) is 1. The highest BCUT2D eigenvalue weighted by atomic mass is 35.5. The maximum atomic E-state index is 6.39. The van der Waals surface area contributed by atoms with Crippen molar-refractivity contribution in [2.75, 3.05) is 18.9 Å². The number of nitrogens with zero attached hydrogens (tertiary/aromatic N) is 2. The van der Waals surface area contributed by atoms with Crippen LogP contribution in [0.2, 0.25) is 5.02 Å². The van der Waals surface area contributed by atoms with E-state index >= 15 is 0 Å². The molecule has 2 heterocycles. The molecule has 1 aliphatic rings. The molecule has 3 rings (SSSR count). The molecule has 5 nitrogen and oxygen atoms in total. The van der Waals surface area contributed by atoms with E-state index in [0.717, 1.165) is 29.0 Å². The molecule has 106 valence electrons.